The summed E-state index contributed by atoms with van der Waals surface area (Å²) in [7, 11) is 1.65. The van der Waals surface area contributed by atoms with Crippen LogP contribution in [0.25, 0.3) is 0 Å². The lowest BCUT2D eigenvalue weighted by Crippen LogP contribution is -2.41. The zero-order chi connectivity index (χ0) is 8.27. The van der Waals surface area contributed by atoms with E-state index in [4.69, 9.17) is 0 Å². The van der Waals surface area contributed by atoms with Gasteiger partial charge in [-0.1, -0.05) is 13.3 Å². The van der Waals surface area contributed by atoms with E-state index in [0.717, 1.165) is 6.42 Å². The van der Waals surface area contributed by atoms with Gasteiger partial charge in [-0.05, 0) is 18.8 Å². The molecule has 1 rings (SSSR count). The summed E-state index contributed by atoms with van der Waals surface area (Å²) in [4.78, 5) is 10.9. The van der Waals surface area contributed by atoms with Crippen LogP contribution < -0.4 is 10.6 Å². The quantitative estimate of drug-likeness (QED) is 0.586. The van der Waals surface area contributed by atoms with Gasteiger partial charge in [0.2, 0.25) is 0 Å². The summed E-state index contributed by atoms with van der Waals surface area (Å²) in [5.74, 6) is 0.646. The van der Waals surface area contributed by atoms with Crippen LogP contribution in [0.1, 0.15) is 26.2 Å². The number of nitrogens with one attached hydrogen (secondary N) is 2. The van der Waals surface area contributed by atoms with Crippen LogP contribution in [0.15, 0.2) is 0 Å². The van der Waals surface area contributed by atoms with Crippen LogP contribution in [0, 0.1) is 5.92 Å². The molecule has 2 N–H and O–H groups in total. The van der Waals surface area contributed by atoms with E-state index < -0.39 is 0 Å². The van der Waals surface area contributed by atoms with Gasteiger partial charge in [0.05, 0.1) is 0 Å². The molecule has 0 heterocycles. The lowest BCUT2D eigenvalue weighted by atomic mass is 10.1. The first kappa shape index (κ1) is 8.37. The highest BCUT2D eigenvalue weighted by molar-refractivity contribution is 5.73. The minimum absolute atomic E-state index is 0.0521. The summed E-state index contributed by atoms with van der Waals surface area (Å²) in [5, 5.41) is 5.49. The monoisotopic (exact) mass is 156 g/mol. The van der Waals surface area contributed by atoms with E-state index in [1.54, 1.807) is 7.05 Å². The zero-order valence-corrected chi connectivity index (χ0v) is 7.18. The molecule has 1 fully saturated rings. The minimum atomic E-state index is -0.0521. The van der Waals surface area contributed by atoms with Gasteiger partial charge in [-0.2, -0.15) is 0 Å². The van der Waals surface area contributed by atoms with E-state index in [1.165, 1.54) is 12.8 Å². The van der Waals surface area contributed by atoms with Crippen molar-refractivity contribution in [3.63, 3.8) is 0 Å². The summed E-state index contributed by atoms with van der Waals surface area (Å²) < 4.78 is 0. The van der Waals surface area contributed by atoms with E-state index in [2.05, 4.69) is 17.6 Å². The molecule has 0 spiro atoms. The molecule has 1 aliphatic carbocycles. The van der Waals surface area contributed by atoms with E-state index in [0.29, 0.717) is 12.0 Å². The number of rotatable bonds is 1. The van der Waals surface area contributed by atoms with Gasteiger partial charge < -0.3 is 10.6 Å². The Hall–Kier alpha value is -0.730. The third-order valence-electron chi connectivity index (χ3n) is 2.41. The topological polar surface area (TPSA) is 41.1 Å². The molecule has 0 aromatic rings. The second-order valence-corrected chi connectivity index (χ2v) is 3.24. The molecular weight excluding hydrogens is 140 g/mol. The molecule has 0 aliphatic heterocycles. The summed E-state index contributed by atoms with van der Waals surface area (Å²) in [6.45, 7) is 2.19. The molecule has 0 aromatic heterocycles. The fourth-order valence-electron chi connectivity index (χ4n) is 1.60. The van der Waals surface area contributed by atoms with Gasteiger partial charge in [0, 0.05) is 13.1 Å². The first-order valence-corrected chi connectivity index (χ1v) is 4.22. The fraction of sp³-hybridized carbons (Fsp3) is 0.875. The van der Waals surface area contributed by atoms with Gasteiger partial charge in [0.15, 0.2) is 0 Å². The van der Waals surface area contributed by atoms with E-state index >= 15 is 0 Å². The van der Waals surface area contributed by atoms with Crippen molar-refractivity contribution in [3.8, 4) is 0 Å². The van der Waals surface area contributed by atoms with E-state index in [9.17, 15) is 4.79 Å². The summed E-state index contributed by atoms with van der Waals surface area (Å²) >= 11 is 0. The van der Waals surface area contributed by atoms with Gasteiger partial charge in [-0.3, -0.25) is 0 Å². The molecule has 0 bridgehead atoms. The van der Waals surface area contributed by atoms with Crippen molar-refractivity contribution >= 4 is 6.03 Å². The number of hydrogen-bond acceptors (Lipinski definition) is 1. The van der Waals surface area contributed by atoms with Crippen molar-refractivity contribution < 1.29 is 4.79 Å². The van der Waals surface area contributed by atoms with Crippen LogP contribution >= 0.6 is 0 Å². The molecule has 3 heteroatoms. The molecule has 0 aromatic carbocycles. The number of amides is 2. The Labute approximate surface area is 67.5 Å². The molecule has 0 saturated heterocycles. The Balaban J connectivity index is 2.30. The van der Waals surface area contributed by atoms with E-state index in [1.807, 2.05) is 0 Å². The standard InChI is InChI=1S/C8H16N2O/c1-6-4-3-5-7(6)10-8(11)9-2/h6-7H,3-5H2,1-2H3,(H2,9,10,11)/t6-,7-/m0/s1. The maximum Gasteiger partial charge on any atom is 0.314 e. The Morgan fingerprint density at radius 1 is 1.45 bits per heavy atom. The Kier molecular flexibility index (Phi) is 2.74. The summed E-state index contributed by atoms with van der Waals surface area (Å²) in [6.07, 6.45) is 3.62. The van der Waals surface area contributed by atoms with Crippen LogP contribution in [0.2, 0.25) is 0 Å². The Bertz CT molecular complexity index is 147. The SMILES string of the molecule is CNC(=O)N[C@H]1CCC[C@@H]1C. The fourth-order valence-corrected chi connectivity index (χ4v) is 1.60. The van der Waals surface area contributed by atoms with Crippen molar-refractivity contribution in [1.82, 2.24) is 10.6 Å². The van der Waals surface area contributed by atoms with Crippen LogP contribution in [0.3, 0.4) is 0 Å². The number of carbonyl (C=O) groups is 1. The molecule has 2 amide bonds. The van der Waals surface area contributed by atoms with Gasteiger partial charge in [-0.25, -0.2) is 4.79 Å². The average Bonchev–Trinajstić information content (AvgIpc) is 2.37. The molecule has 0 radical (unpaired) electrons. The zero-order valence-electron chi connectivity index (χ0n) is 7.18. The number of urea groups is 1. The van der Waals surface area contributed by atoms with Gasteiger partial charge in [0.1, 0.15) is 0 Å². The Morgan fingerprint density at radius 3 is 2.64 bits per heavy atom. The third-order valence-corrected chi connectivity index (χ3v) is 2.41. The second kappa shape index (κ2) is 3.60. The van der Waals surface area contributed by atoms with Crippen molar-refractivity contribution in [2.75, 3.05) is 7.05 Å². The predicted octanol–water partition coefficient (Wildman–Crippen LogP) is 1.10. The molecule has 2 atom stereocenters. The highest BCUT2D eigenvalue weighted by atomic mass is 16.2. The smallest absolute Gasteiger partial charge is 0.314 e. The predicted molar refractivity (Wildman–Crippen MR) is 44.4 cm³/mol. The second-order valence-electron chi connectivity index (χ2n) is 3.24. The van der Waals surface area contributed by atoms with Crippen LogP contribution in [0.4, 0.5) is 4.79 Å². The van der Waals surface area contributed by atoms with Crippen molar-refractivity contribution in [2.45, 2.75) is 32.2 Å². The highest BCUT2D eigenvalue weighted by Gasteiger charge is 2.23. The van der Waals surface area contributed by atoms with Crippen LogP contribution in [-0.2, 0) is 0 Å². The summed E-state index contributed by atoms with van der Waals surface area (Å²) in [6, 6.07) is 0.346. The molecule has 64 valence electrons. The van der Waals surface area contributed by atoms with Crippen molar-refractivity contribution in [1.29, 1.82) is 0 Å². The normalized spacial score (nSPS) is 30.0. The average molecular weight is 156 g/mol. The Morgan fingerprint density at radius 2 is 2.18 bits per heavy atom. The number of carbonyl (C=O) groups excluding carboxylic acids is 1. The maximum atomic E-state index is 10.9. The van der Waals surface area contributed by atoms with Crippen molar-refractivity contribution in [3.05, 3.63) is 0 Å². The first-order valence-electron chi connectivity index (χ1n) is 4.22. The lowest BCUT2D eigenvalue weighted by Gasteiger charge is -2.16. The molecule has 3 nitrogen and oxygen atoms in total. The van der Waals surface area contributed by atoms with Crippen molar-refractivity contribution in [2.24, 2.45) is 5.92 Å². The van der Waals surface area contributed by atoms with E-state index in [-0.39, 0.29) is 6.03 Å². The number of hydrogen-bond donors (Lipinski definition) is 2. The van der Waals surface area contributed by atoms with Crippen LogP contribution in [0.5, 0.6) is 0 Å². The molecular formula is C8H16N2O. The largest absolute Gasteiger partial charge is 0.341 e. The molecule has 1 saturated carbocycles. The lowest BCUT2D eigenvalue weighted by molar-refractivity contribution is 0.236. The summed E-state index contributed by atoms with van der Waals surface area (Å²) in [5.41, 5.74) is 0. The highest BCUT2D eigenvalue weighted by Crippen LogP contribution is 2.24. The van der Waals surface area contributed by atoms with Crippen LogP contribution in [-0.4, -0.2) is 19.1 Å². The molecule has 0 unspecified atom stereocenters. The minimum Gasteiger partial charge on any atom is -0.341 e. The van der Waals surface area contributed by atoms with Gasteiger partial charge in [-0.15, -0.1) is 0 Å². The first-order chi connectivity index (χ1) is 5.24. The molecule has 1 aliphatic rings. The maximum absolute atomic E-state index is 10.9. The van der Waals surface area contributed by atoms with Gasteiger partial charge >= 0.3 is 6.03 Å². The third kappa shape index (κ3) is 2.10. The van der Waals surface area contributed by atoms with Gasteiger partial charge in [0.25, 0.3) is 0 Å². The molecule has 11 heavy (non-hydrogen) atoms.